The zero-order chi connectivity index (χ0) is 26.7. The molecule has 0 saturated heterocycles. The molecular weight excluding hydrogens is 464 g/mol. The summed E-state index contributed by atoms with van der Waals surface area (Å²) in [4.78, 5) is 10.8. The number of nitrogens with one attached hydrogen (secondary N) is 1. The van der Waals surface area contributed by atoms with Crippen LogP contribution >= 0.6 is 0 Å². The van der Waals surface area contributed by atoms with Crippen LogP contribution in [0.15, 0.2) is 84.9 Å². The largest absolute Gasteiger partial charge is 0.362 e. The lowest BCUT2D eigenvalue weighted by Gasteiger charge is -2.27. The minimum absolute atomic E-state index is 0.552. The van der Waals surface area contributed by atoms with Gasteiger partial charge in [0, 0.05) is 31.9 Å². The molecule has 38 heavy (non-hydrogen) atoms. The lowest BCUT2D eigenvalue weighted by molar-refractivity contribution is 0.280. The summed E-state index contributed by atoms with van der Waals surface area (Å²) in [5, 5.41) is 4.89. The van der Waals surface area contributed by atoms with Crippen molar-refractivity contribution in [3.05, 3.63) is 102 Å². The maximum atomic E-state index is 4.42. The van der Waals surface area contributed by atoms with Crippen LogP contribution in [0.4, 0.5) is 5.82 Å². The molecule has 0 amide bonds. The van der Waals surface area contributed by atoms with Gasteiger partial charge >= 0.3 is 0 Å². The fourth-order valence-electron chi connectivity index (χ4n) is 5.44. The van der Waals surface area contributed by atoms with Crippen LogP contribution in [0.1, 0.15) is 55.5 Å². The summed E-state index contributed by atoms with van der Waals surface area (Å²) in [5.74, 6) is 4.17. The normalized spacial score (nSPS) is 17.9. The Hall–Kier alpha value is -3.24. The van der Waals surface area contributed by atoms with Gasteiger partial charge in [-0.15, -0.1) is 0 Å². The van der Waals surface area contributed by atoms with Crippen LogP contribution in [0.3, 0.4) is 0 Å². The summed E-state index contributed by atoms with van der Waals surface area (Å²) < 4.78 is 0. The smallest absolute Gasteiger partial charge is 0.139 e. The van der Waals surface area contributed by atoms with Crippen molar-refractivity contribution in [1.29, 1.82) is 0 Å². The van der Waals surface area contributed by atoms with E-state index in [1.807, 2.05) is 50.2 Å². The molecule has 1 atom stereocenters. The van der Waals surface area contributed by atoms with Crippen LogP contribution < -0.4 is 10.2 Å². The van der Waals surface area contributed by atoms with Crippen molar-refractivity contribution in [2.24, 2.45) is 11.8 Å². The molecule has 1 fully saturated rings. The molecule has 0 bridgehead atoms. The van der Waals surface area contributed by atoms with E-state index in [4.69, 9.17) is 0 Å². The Morgan fingerprint density at radius 1 is 0.816 bits per heavy atom. The highest BCUT2D eigenvalue weighted by molar-refractivity contribution is 5.89. The van der Waals surface area contributed by atoms with Crippen molar-refractivity contribution in [3.8, 4) is 0 Å². The van der Waals surface area contributed by atoms with Crippen LogP contribution in [0.25, 0.3) is 10.9 Å². The minimum atomic E-state index is 0.552. The number of anilines is 1. The van der Waals surface area contributed by atoms with Gasteiger partial charge in [0.25, 0.3) is 0 Å². The predicted molar refractivity (Wildman–Crippen MR) is 162 cm³/mol. The minimum Gasteiger partial charge on any atom is -0.362 e. The summed E-state index contributed by atoms with van der Waals surface area (Å²) in [5.41, 5.74) is 3.88. The number of para-hydroxylation sites is 1. The molecule has 4 nitrogen and oxygen atoms in total. The van der Waals surface area contributed by atoms with Crippen molar-refractivity contribution in [1.82, 2.24) is 15.3 Å². The van der Waals surface area contributed by atoms with Gasteiger partial charge in [0.05, 0.1) is 5.52 Å². The first-order valence-corrected chi connectivity index (χ1v) is 14.2. The second kappa shape index (κ2) is 14.1. The Kier molecular flexibility index (Phi) is 10.3. The summed E-state index contributed by atoms with van der Waals surface area (Å²) in [6.45, 7) is 6.57. The Morgan fingerprint density at radius 3 is 2.13 bits per heavy atom. The van der Waals surface area contributed by atoms with Crippen molar-refractivity contribution in [2.45, 2.75) is 51.9 Å². The molecule has 1 saturated carbocycles. The van der Waals surface area contributed by atoms with Crippen molar-refractivity contribution >= 4 is 16.7 Å². The van der Waals surface area contributed by atoms with Crippen molar-refractivity contribution in [3.63, 3.8) is 0 Å². The van der Waals surface area contributed by atoms with E-state index in [1.165, 1.54) is 43.4 Å². The molecule has 5 rings (SSSR count). The molecule has 0 aliphatic heterocycles. The van der Waals surface area contributed by atoms with E-state index in [0.717, 1.165) is 47.3 Å². The fraction of sp³-hybridized carbons (Fsp3) is 0.412. The van der Waals surface area contributed by atoms with E-state index in [1.54, 1.807) is 0 Å². The highest BCUT2D eigenvalue weighted by Crippen LogP contribution is 2.28. The van der Waals surface area contributed by atoms with E-state index in [9.17, 15) is 0 Å². The molecule has 0 radical (unpaired) electrons. The molecule has 0 spiro atoms. The number of benzene rings is 3. The average molecular weight is 509 g/mol. The van der Waals surface area contributed by atoms with Crippen molar-refractivity contribution in [2.75, 3.05) is 32.1 Å². The van der Waals surface area contributed by atoms with Gasteiger partial charge < -0.3 is 10.2 Å². The maximum Gasteiger partial charge on any atom is 0.139 e. The summed E-state index contributed by atoms with van der Waals surface area (Å²) in [6.07, 6.45) is 6.75. The van der Waals surface area contributed by atoms with E-state index < -0.39 is 0 Å². The van der Waals surface area contributed by atoms with E-state index in [2.05, 4.69) is 82.9 Å². The van der Waals surface area contributed by atoms with Gasteiger partial charge in [-0.25, -0.2) is 9.97 Å². The monoisotopic (exact) mass is 508 g/mol. The molecule has 1 aliphatic carbocycles. The summed E-state index contributed by atoms with van der Waals surface area (Å²) in [6, 6.07) is 29.9. The van der Waals surface area contributed by atoms with Crippen molar-refractivity contribution < 1.29 is 0 Å². The molecule has 4 heteroatoms. The Morgan fingerprint density at radius 2 is 1.45 bits per heavy atom. The average Bonchev–Trinajstić information content (AvgIpc) is 2.94. The molecule has 200 valence electrons. The Bertz CT molecular complexity index is 1230. The molecule has 1 N–H and O–H groups in total. The number of fused-ring (bicyclic) bond motifs is 1. The lowest BCUT2D eigenvalue weighted by atomic mass is 9.83. The summed E-state index contributed by atoms with van der Waals surface area (Å²) >= 11 is 0. The topological polar surface area (TPSA) is 41.1 Å². The second-order valence-electron chi connectivity index (χ2n) is 11.1. The van der Waals surface area contributed by atoms with E-state index in [0.29, 0.717) is 5.92 Å². The molecule has 1 aromatic heterocycles. The first-order valence-electron chi connectivity index (χ1n) is 14.2. The highest BCUT2D eigenvalue weighted by atomic mass is 15.1. The molecule has 3 aromatic carbocycles. The third-order valence-electron chi connectivity index (χ3n) is 7.67. The number of hydrogen-bond donors (Lipinski definition) is 1. The Balaban J connectivity index is 0.000000204. The van der Waals surface area contributed by atoms with Crippen LogP contribution in [-0.4, -0.2) is 37.2 Å². The van der Waals surface area contributed by atoms with Gasteiger partial charge in [-0.1, -0.05) is 92.6 Å². The highest BCUT2D eigenvalue weighted by Gasteiger charge is 2.19. The zero-order valence-electron chi connectivity index (χ0n) is 23.6. The van der Waals surface area contributed by atoms with E-state index >= 15 is 0 Å². The number of aryl methyl sites for hydroxylation is 1. The summed E-state index contributed by atoms with van der Waals surface area (Å²) in [7, 11) is 3.99. The lowest BCUT2D eigenvalue weighted by Crippen LogP contribution is -2.30. The van der Waals surface area contributed by atoms with Gasteiger partial charge in [0.2, 0.25) is 0 Å². The van der Waals surface area contributed by atoms with E-state index in [-0.39, 0.29) is 0 Å². The first-order chi connectivity index (χ1) is 18.5. The first kappa shape index (κ1) is 27.8. The van der Waals surface area contributed by atoms with Gasteiger partial charge in [-0.2, -0.15) is 0 Å². The third-order valence-corrected chi connectivity index (χ3v) is 7.67. The van der Waals surface area contributed by atoms with Crippen LogP contribution in [0.2, 0.25) is 0 Å². The molecule has 1 unspecified atom stereocenters. The van der Waals surface area contributed by atoms with Crippen LogP contribution in [0.5, 0.6) is 0 Å². The Labute approximate surface area is 229 Å². The molecular formula is C34H44N4. The molecule has 4 aromatic rings. The second-order valence-corrected chi connectivity index (χ2v) is 11.1. The van der Waals surface area contributed by atoms with Gasteiger partial charge in [-0.05, 0) is 67.8 Å². The number of nitrogens with zero attached hydrogens (tertiary/aromatic N) is 3. The SMILES string of the molecule is CC1CCC(CNCC(Cc2ccccc2)c2ccccc2)CC1.Cc1nc(N(C)C)c2ccccc2n1. The van der Waals surface area contributed by atoms with Gasteiger partial charge in [0.15, 0.2) is 0 Å². The standard InChI is InChI=1S/C23H31N.C11H13N3/c1-19-12-14-21(15-13-19)17-24-18-23(22-10-6-3-7-11-22)16-20-8-4-2-5-9-20;1-8-12-10-7-5-4-6-9(10)11(13-8)14(2)3/h2-11,19,21,23-24H,12-18H2,1H3;4-7H,1-3H3. The number of aromatic nitrogens is 2. The number of rotatable bonds is 8. The molecule has 1 heterocycles. The zero-order valence-corrected chi connectivity index (χ0v) is 23.6. The fourth-order valence-corrected chi connectivity index (χ4v) is 5.44. The van der Waals surface area contributed by atoms with Gasteiger partial charge in [0.1, 0.15) is 11.6 Å². The quantitative estimate of drug-likeness (QED) is 0.269. The predicted octanol–water partition coefficient (Wildman–Crippen LogP) is 7.43. The van der Waals surface area contributed by atoms with Crippen LogP contribution in [-0.2, 0) is 6.42 Å². The maximum absolute atomic E-state index is 4.42. The third kappa shape index (κ3) is 8.13. The van der Waals surface area contributed by atoms with Gasteiger partial charge in [-0.3, -0.25) is 0 Å². The van der Waals surface area contributed by atoms with Crippen LogP contribution in [0, 0.1) is 18.8 Å². The molecule has 1 aliphatic rings. The number of hydrogen-bond acceptors (Lipinski definition) is 4.